The third kappa shape index (κ3) is 3.70. The van der Waals surface area contributed by atoms with Crippen molar-refractivity contribution in [1.29, 1.82) is 0 Å². The van der Waals surface area contributed by atoms with Crippen LogP contribution >= 0.6 is 0 Å². The average Bonchev–Trinajstić information content (AvgIpc) is 3.12. The molecule has 1 aromatic carbocycles. The number of rotatable bonds is 4. The Balaban J connectivity index is 1.65. The van der Waals surface area contributed by atoms with Gasteiger partial charge in [0.25, 0.3) is 0 Å². The quantitative estimate of drug-likeness (QED) is 0.691. The number of likely N-dealkylation sites (tertiary alicyclic amines) is 1. The maximum atomic E-state index is 13.2. The number of nitrogens with zero attached hydrogens (tertiary/aromatic N) is 4. The van der Waals surface area contributed by atoms with Crippen molar-refractivity contribution in [3.63, 3.8) is 0 Å². The van der Waals surface area contributed by atoms with Crippen LogP contribution in [0.4, 0.5) is 0 Å². The van der Waals surface area contributed by atoms with Crippen LogP contribution in [0.5, 0.6) is 0 Å². The molecule has 0 aliphatic carbocycles. The number of pyridine rings is 1. The molecule has 0 bridgehead atoms. The number of aryl methyl sites for hydroxylation is 2. The van der Waals surface area contributed by atoms with Gasteiger partial charge in [0, 0.05) is 37.7 Å². The zero-order valence-electron chi connectivity index (χ0n) is 16.5. The summed E-state index contributed by atoms with van der Waals surface area (Å²) in [5.41, 5.74) is 5.44. The monoisotopic (exact) mass is 374 g/mol. The van der Waals surface area contributed by atoms with E-state index in [-0.39, 0.29) is 11.9 Å². The topological polar surface area (TPSA) is 51.0 Å². The highest BCUT2D eigenvalue weighted by molar-refractivity contribution is 5.80. The van der Waals surface area contributed by atoms with Crippen molar-refractivity contribution < 1.29 is 4.79 Å². The van der Waals surface area contributed by atoms with E-state index in [1.54, 1.807) is 12.4 Å². The third-order valence-corrected chi connectivity index (χ3v) is 5.59. The molecule has 3 heterocycles. The first-order valence-electron chi connectivity index (χ1n) is 9.91. The fourth-order valence-corrected chi connectivity index (χ4v) is 4.09. The number of piperidine rings is 1. The largest absolute Gasteiger partial charge is 0.334 e. The minimum Gasteiger partial charge on any atom is -0.334 e. The van der Waals surface area contributed by atoms with Gasteiger partial charge in [0.1, 0.15) is 0 Å². The van der Waals surface area contributed by atoms with E-state index >= 15 is 0 Å². The molecular formula is C23H26N4O. The van der Waals surface area contributed by atoms with E-state index in [0.29, 0.717) is 6.42 Å². The summed E-state index contributed by atoms with van der Waals surface area (Å²) in [4.78, 5) is 19.4. The van der Waals surface area contributed by atoms with E-state index in [2.05, 4.69) is 24.0 Å². The molecule has 5 nitrogen and oxygen atoms in total. The molecule has 1 saturated heterocycles. The Morgan fingerprint density at radius 1 is 1.14 bits per heavy atom. The highest BCUT2D eigenvalue weighted by Gasteiger charge is 2.31. The molecule has 1 aliphatic heterocycles. The van der Waals surface area contributed by atoms with Gasteiger partial charge >= 0.3 is 0 Å². The van der Waals surface area contributed by atoms with Crippen LogP contribution < -0.4 is 0 Å². The fourth-order valence-electron chi connectivity index (χ4n) is 4.09. The molecule has 3 aromatic rings. The van der Waals surface area contributed by atoms with Crippen LogP contribution in [0, 0.1) is 6.92 Å². The molecule has 5 heteroatoms. The van der Waals surface area contributed by atoms with E-state index in [0.717, 1.165) is 48.2 Å². The molecule has 2 aromatic heterocycles. The predicted octanol–water partition coefficient (Wildman–Crippen LogP) is 4.09. The SMILES string of the molecule is Cc1ccccc1CC(=O)N1CCCCC1c1nn(C)cc1-c1ccncc1. The minimum atomic E-state index is 0.0228. The van der Waals surface area contributed by atoms with Crippen LogP contribution in [0.3, 0.4) is 0 Å². The lowest BCUT2D eigenvalue weighted by Gasteiger charge is -2.35. The van der Waals surface area contributed by atoms with E-state index < -0.39 is 0 Å². The number of carbonyl (C=O) groups is 1. The summed E-state index contributed by atoms with van der Waals surface area (Å²) >= 11 is 0. The van der Waals surface area contributed by atoms with E-state index in [1.165, 1.54) is 5.56 Å². The highest BCUT2D eigenvalue weighted by Crippen LogP contribution is 2.36. The van der Waals surface area contributed by atoms with Gasteiger partial charge in [-0.3, -0.25) is 14.5 Å². The second kappa shape index (κ2) is 7.97. The molecule has 0 saturated carbocycles. The first kappa shape index (κ1) is 18.4. The Bertz CT molecular complexity index is 964. The molecule has 4 rings (SSSR count). The molecule has 1 amide bonds. The molecule has 1 fully saturated rings. The van der Waals surface area contributed by atoms with Crippen molar-refractivity contribution >= 4 is 5.91 Å². The highest BCUT2D eigenvalue weighted by atomic mass is 16.2. The first-order chi connectivity index (χ1) is 13.6. The zero-order chi connectivity index (χ0) is 19.5. The van der Waals surface area contributed by atoms with Gasteiger partial charge in [-0.05, 0) is 55.0 Å². The Kier molecular flexibility index (Phi) is 5.24. The number of carbonyl (C=O) groups excluding carboxylic acids is 1. The van der Waals surface area contributed by atoms with Gasteiger partial charge in [-0.2, -0.15) is 5.10 Å². The van der Waals surface area contributed by atoms with Crippen LogP contribution in [-0.4, -0.2) is 32.1 Å². The summed E-state index contributed by atoms with van der Waals surface area (Å²) in [6.45, 7) is 2.86. The molecule has 0 spiro atoms. The number of amides is 1. The molecule has 28 heavy (non-hydrogen) atoms. The van der Waals surface area contributed by atoms with Crippen LogP contribution in [0.1, 0.15) is 42.1 Å². The Hall–Kier alpha value is -2.95. The fraction of sp³-hybridized carbons (Fsp3) is 0.348. The molecule has 144 valence electrons. The number of hydrogen-bond donors (Lipinski definition) is 0. The summed E-state index contributed by atoms with van der Waals surface area (Å²) in [6, 6.07) is 12.2. The second-order valence-corrected chi connectivity index (χ2v) is 7.54. The van der Waals surface area contributed by atoms with Gasteiger partial charge in [0.05, 0.1) is 18.2 Å². The normalized spacial score (nSPS) is 16.9. The Labute approximate surface area is 166 Å². The van der Waals surface area contributed by atoms with E-state index in [4.69, 9.17) is 5.10 Å². The molecule has 0 N–H and O–H groups in total. The van der Waals surface area contributed by atoms with Crippen LogP contribution in [0.2, 0.25) is 0 Å². The summed E-state index contributed by atoms with van der Waals surface area (Å²) in [5.74, 6) is 0.185. The van der Waals surface area contributed by atoms with E-state index in [9.17, 15) is 4.79 Å². The van der Waals surface area contributed by atoms with Crippen molar-refractivity contribution in [2.24, 2.45) is 7.05 Å². The van der Waals surface area contributed by atoms with Crippen LogP contribution in [0.15, 0.2) is 55.0 Å². The molecular weight excluding hydrogens is 348 g/mol. The molecule has 1 aliphatic rings. The van der Waals surface area contributed by atoms with Crippen molar-refractivity contribution in [1.82, 2.24) is 19.7 Å². The zero-order valence-corrected chi connectivity index (χ0v) is 16.5. The van der Waals surface area contributed by atoms with Gasteiger partial charge in [-0.15, -0.1) is 0 Å². The summed E-state index contributed by atoms with van der Waals surface area (Å²) in [6.07, 6.45) is 9.21. The average molecular weight is 374 g/mol. The lowest BCUT2D eigenvalue weighted by molar-refractivity contribution is -0.134. The maximum absolute atomic E-state index is 13.2. The first-order valence-corrected chi connectivity index (χ1v) is 9.91. The summed E-state index contributed by atoms with van der Waals surface area (Å²) in [5, 5.41) is 4.77. The molecule has 1 atom stereocenters. The molecule has 0 radical (unpaired) electrons. The lowest BCUT2D eigenvalue weighted by Crippen LogP contribution is -2.39. The Morgan fingerprint density at radius 2 is 1.93 bits per heavy atom. The second-order valence-electron chi connectivity index (χ2n) is 7.54. The van der Waals surface area contributed by atoms with Gasteiger partial charge < -0.3 is 4.90 Å². The smallest absolute Gasteiger partial charge is 0.227 e. The van der Waals surface area contributed by atoms with Gasteiger partial charge in [0.2, 0.25) is 5.91 Å². The lowest BCUT2D eigenvalue weighted by atomic mass is 9.94. The number of aromatic nitrogens is 3. The Morgan fingerprint density at radius 3 is 2.71 bits per heavy atom. The minimum absolute atomic E-state index is 0.0228. The van der Waals surface area contributed by atoms with Crippen molar-refractivity contribution in [3.05, 3.63) is 71.8 Å². The van der Waals surface area contributed by atoms with Crippen molar-refractivity contribution in [2.75, 3.05) is 6.54 Å². The van der Waals surface area contributed by atoms with Gasteiger partial charge in [-0.1, -0.05) is 24.3 Å². The predicted molar refractivity (Wildman–Crippen MR) is 110 cm³/mol. The maximum Gasteiger partial charge on any atom is 0.227 e. The van der Waals surface area contributed by atoms with Crippen LogP contribution in [0.25, 0.3) is 11.1 Å². The summed E-state index contributed by atoms with van der Waals surface area (Å²) in [7, 11) is 1.94. The van der Waals surface area contributed by atoms with Crippen molar-refractivity contribution in [2.45, 2.75) is 38.6 Å². The number of benzene rings is 1. The van der Waals surface area contributed by atoms with E-state index in [1.807, 2.05) is 47.1 Å². The van der Waals surface area contributed by atoms with Crippen molar-refractivity contribution in [3.8, 4) is 11.1 Å². The molecule has 1 unspecified atom stereocenters. The number of hydrogen-bond acceptors (Lipinski definition) is 3. The van der Waals surface area contributed by atoms with Gasteiger partial charge in [0.15, 0.2) is 0 Å². The van der Waals surface area contributed by atoms with Crippen LogP contribution in [-0.2, 0) is 18.3 Å². The van der Waals surface area contributed by atoms with Gasteiger partial charge in [-0.25, -0.2) is 0 Å². The standard InChI is InChI=1S/C23H26N4O/c1-17-7-3-4-8-19(17)15-22(28)27-14-6-5-9-21(27)23-20(16-26(2)25-23)18-10-12-24-13-11-18/h3-4,7-8,10-13,16,21H,5-6,9,14-15H2,1-2H3. The third-order valence-electron chi connectivity index (χ3n) is 5.59. The summed E-state index contributed by atoms with van der Waals surface area (Å²) < 4.78 is 1.85.